The fourth-order valence-corrected chi connectivity index (χ4v) is 0.819. The third kappa shape index (κ3) is 5.25. The van der Waals surface area contributed by atoms with Crippen molar-refractivity contribution in [3.63, 3.8) is 0 Å². The number of azo groups is 1. The van der Waals surface area contributed by atoms with Crippen molar-refractivity contribution >= 4 is 11.9 Å². The zero-order valence-electron chi connectivity index (χ0n) is 11.7. The molecule has 0 amide bonds. The van der Waals surface area contributed by atoms with Crippen LogP contribution in [-0.2, 0) is 14.3 Å². The van der Waals surface area contributed by atoms with E-state index in [-0.39, 0.29) is 0 Å². The predicted molar refractivity (Wildman–Crippen MR) is 66.5 cm³/mol. The number of carbonyl (C=O) groups is 2. The molecule has 0 unspecified atom stereocenters. The first-order valence-electron chi connectivity index (χ1n) is 5.98. The number of nitrogens with zero attached hydrogens (tertiary/aromatic N) is 2. The molecule has 6 nitrogen and oxygen atoms in total. The lowest BCUT2D eigenvalue weighted by Crippen LogP contribution is -2.34. The van der Waals surface area contributed by atoms with Gasteiger partial charge in [0, 0.05) is 0 Å². The number of carbonyl (C=O) groups excluding carboxylic acids is 1. The average molecular weight is 258 g/mol. The van der Waals surface area contributed by atoms with Crippen LogP contribution in [0.15, 0.2) is 10.2 Å². The van der Waals surface area contributed by atoms with Crippen molar-refractivity contribution in [1.29, 1.82) is 0 Å². The van der Waals surface area contributed by atoms with Crippen LogP contribution in [0.3, 0.4) is 0 Å². The van der Waals surface area contributed by atoms with Crippen molar-refractivity contribution in [3.05, 3.63) is 0 Å². The fourth-order valence-electron chi connectivity index (χ4n) is 0.819. The summed E-state index contributed by atoms with van der Waals surface area (Å²) in [6.07, 6.45) is 1.72. The maximum absolute atomic E-state index is 11.7. The van der Waals surface area contributed by atoms with E-state index in [1.54, 1.807) is 13.8 Å². The van der Waals surface area contributed by atoms with E-state index in [0.29, 0.717) is 6.61 Å². The molecule has 0 aliphatic rings. The van der Waals surface area contributed by atoms with Gasteiger partial charge in [0.1, 0.15) is 0 Å². The van der Waals surface area contributed by atoms with Crippen molar-refractivity contribution in [3.8, 4) is 0 Å². The molecule has 0 spiro atoms. The molecule has 0 saturated heterocycles. The molecular weight excluding hydrogens is 236 g/mol. The lowest BCUT2D eigenvalue weighted by molar-refractivity contribution is -0.149. The molecule has 0 aromatic rings. The molecule has 18 heavy (non-hydrogen) atoms. The molecule has 0 aromatic carbocycles. The number of esters is 1. The van der Waals surface area contributed by atoms with E-state index >= 15 is 0 Å². The van der Waals surface area contributed by atoms with Gasteiger partial charge in [-0.25, -0.2) is 9.59 Å². The summed E-state index contributed by atoms with van der Waals surface area (Å²) in [5.41, 5.74) is -2.51. The summed E-state index contributed by atoms with van der Waals surface area (Å²) in [6, 6.07) is 0. The number of hydrogen-bond acceptors (Lipinski definition) is 5. The minimum absolute atomic E-state index is 0.344. The summed E-state index contributed by atoms with van der Waals surface area (Å²) in [5.74, 6) is -1.60. The largest absolute Gasteiger partial charge is 0.479 e. The van der Waals surface area contributed by atoms with Crippen LogP contribution >= 0.6 is 0 Å². The van der Waals surface area contributed by atoms with Crippen LogP contribution in [-0.4, -0.2) is 34.7 Å². The van der Waals surface area contributed by atoms with Gasteiger partial charge >= 0.3 is 11.9 Å². The number of hydrogen-bond donors (Lipinski definition) is 1. The normalized spacial score (nSPS) is 12.7. The van der Waals surface area contributed by atoms with Crippen LogP contribution in [0.4, 0.5) is 0 Å². The van der Waals surface area contributed by atoms with Gasteiger partial charge < -0.3 is 9.84 Å². The summed E-state index contributed by atoms with van der Waals surface area (Å²) >= 11 is 0. The predicted octanol–water partition coefficient (Wildman–Crippen LogP) is 2.42. The maximum atomic E-state index is 11.7. The SMILES string of the molecule is CCCCOC(=O)C(C)(C)N=NC(C)(C)C(=O)O. The second-order valence-electron chi connectivity index (χ2n) is 5.11. The van der Waals surface area contributed by atoms with E-state index in [1.165, 1.54) is 13.8 Å². The number of ether oxygens (including phenoxy) is 1. The first-order chi connectivity index (χ1) is 8.13. The Morgan fingerprint density at radius 1 is 1.11 bits per heavy atom. The van der Waals surface area contributed by atoms with Gasteiger partial charge in [-0.05, 0) is 34.1 Å². The lowest BCUT2D eigenvalue weighted by atomic mass is 10.1. The molecule has 0 aliphatic heterocycles. The fraction of sp³-hybridized carbons (Fsp3) is 0.833. The molecule has 6 heteroatoms. The molecule has 0 aliphatic carbocycles. The van der Waals surface area contributed by atoms with Crippen LogP contribution in [0.2, 0.25) is 0 Å². The Balaban J connectivity index is 4.59. The third-order valence-electron chi connectivity index (χ3n) is 2.30. The number of rotatable bonds is 7. The Morgan fingerprint density at radius 2 is 1.61 bits per heavy atom. The summed E-state index contributed by atoms with van der Waals surface area (Å²) in [6.45, 7) is 8.25. The zero-order valence-corrected chi connectivity index (χ0v) is 11.7. The van der Waals surface area contributed by atoms with Gasteiger partial charge in [0.2, 0.25) is 0 Å². The van der Waals surface area contributed by atoms with E-state index in [9.17, 15) is 9.59 Å². The first kappa shape index (κ1) is 16.5. The van der Waals surface area contributed by atoms with E-state index < -0.39 is 23.0 Å². The summed E-state index contributed by atoms with van der Waals surface area (Å²) in [5, 5.41) is 16.4. The Kier molecular flexibility index (Phi) is 5.94. The van der Waals surface area contributed by atoms with Gasteiger partial charge in [0.05, 0.1) is 6.61 Å². The topological polar surface area (TPSA) is 88.3 Å². The molecule has 0 heterocycles. The summed E-state index contributed by atoms with van der Waals surface area (Å²) in [4.78, 5) is 22.6. The highest BCUT2D eigenvalue weighted by molar-refractivity contribution is 5.80. The van der Waals surface area contributed by atoms with E-state index in [4.69, 9.17) is 9.84 Å². The molecule has 0 bridgehead atoms. The van der Waals surface area contributed by atoms with Gasteiger partial charge in [-0.3, -0.25) is 0 Å². The molecule has 0 fully saturated rings. The maximum Gasteiger partial charge on any atom is 0.335 e. The van der Waals surface area contributed by atoms with Crippen molar-refractivity contribution in [1.82, 2.24) is 0 Å². The monoisotopic (exact) mass is 258 g/mol. The summed E-state index contributed by atoms with van der Waals surface area (Å²) < 4.78 is 5.03. The molecule has 104 valence electrons. The Bertz CT molecular complexity index is 335. The molecule has 1 N–H and O–H groups in total. The highest BCUT2D eigenvalue weighted by Crippen LogP contribution is 2.17. The average Bonchev–Trinajstić information content (AvgIpc) is 2.26. The second-order valence-corrected chi connectivity index (χ2v) is 5.11. The third-order valence-corrected chi connectivity index (χ3v) is 2.30. The van der Waals surface area contributed by atoms with Crippen LogP contribution in [0.5, 0.6) is 0 Å². The van der Waals surface area contributed by atoms with Gasteiger partial charge in [0.15, 0.2) is 11.1 Å². The van der Waals surface area contributed by atoms with Crippen LogP contribution in [0.25, 0.3) is 0 Å². The minimum Gasteiger partial charge on any atom is -0.479 e. The molecule has 0 rings (SSSR count). The molecule has 0 atom stereocenters. The molecule has 0 aromatic heterocycles. The van der Waals surface area contributed by atoms with Gasteiger partial charge in [-0.1, -0.05) is 13.3 Å². The van der Waals surface area contributed by atoms with Crippen LogP contribution < -0.4 is 0 Å². The van der Waals surface area contributed by atoms with Crippen LogP contribution in [0, 0.1) is 0 Å². The molecule has 0 saturated carbocycles. The van der Waals surface area contributed by atoms with E-state index in [2.05, 4.69) is 10.2 Å². The van der Waals surface area contributed by atoms with Gasteiger partial charge in [-0.2, -0.15) is 10.2 Å². The number of carboxylic acid groups (broad SMARTS) is 1. The smallest absolute Gasteiger partial charge is 0.335 e. The lowest BCUT2D eigenvalue weighted by Gasteiger charge is -2.19. The highest BCUT2D eigenvalue weighted by Gasteiger charge is 2.32. The first-order valence-corrected chi connectivity index (χ1v) is 5.98. The Morgan fingerprint density at radius 3 is 2.06 bits per heavy atom. The zero-order chi connectivity index (χ0) is 14.4. The number of unbranched alkanes of at least 4 members (excludes halogenated alkanes) is 1. The van der Waals surface area contributed by atoms with Crippen molar-refractivity contribution in [2.75, 3.05) is 6.61 Å². The Labute approximate surface area is 107 Å². The van der Waals surface area contributed by atoms with Crippen molar-refractivity contribution < 1.29 is 19.4 Å². The standard InChI is InChI=1S/C12H22N2O4/c1-6-7-8-18-10(17)12(4,5)14-13-11(2,3)9(15)16/h6-8H2,1-5H3,(H,15,16). The van der Waals surface area contributed by atoms with E-state index in [1.807, 2.05) is 6.92 Å². The van der Waals surface area contributed by atoms with Gasteiger partial charge in [-0.15, -0.1) is 0 Å². The Hall–Kier alpha value is -1.46. The number of aliphatic carboxylic acids is 1. The van der Waals surface area contributed by atoms with Crippen LogP contribution in [0.1, 0.15) is 47.5 Å². The van der Waals surface area contributed by atoms with Gasteiger partial charge in [0.25, 0.3) is 0 Å². The van der Waals surface area contributed by atoms with Crippen molar-refractivity contribution in [2.45, 2.75) is 58.5 Å². The minimum atomic E-state index is -1.35. The van der Waals surface area contributed by atoms with Crippen molar-refractivity contribution in [2.24, 2.45) is 10.2 Å². The molecular formula is C12H22N2O4. The summed E-state index contributed by atoms with van der Waals surface area (Å²) in [7, 11) is 0. The quantitative estimate of drug-likeness (QED) is 0.431. The van der Waals surface area contributed by atoms with E-state index in [0.717, 1.165) is 12.8 Å². The number of carboxylic acids is 1. The molecule has 0 radical (unpaired) electrons. The highest BCUT2D eigenvalue weighted by atomic mass is 16.5. The second kappa shape index (κ2) is 6.47.